The van der Waals surface area contributed by atoms with E-state index in [2.05, 4.69) is 24.5 Å². The SMILES string of the molecule is CCCC(C)COc1ccc([C@H](CNC(=O)[C@H](C)N)NC(=O)[C@@H](C)c2ccccc2)cc1. The molecule has 174 valence electrons. The molecule has 4 atom stereocenters. The van der Waals surface area contributed by atoms with Crippen LogP contribution in [0, 0.1) is 5.92 Å². The summed E-state index contributed by atoms with van der Waals surface area (Å²) >= 11 is 0. The number of carbonyl (C=O) groups excluding carboxylic acids is 2. The second kappa shape index (κ2) is 12.9. The van der Waals surface area contributed by atoms with Crippen LogP contribution < -0.4 is 21.1 Å². The predicted octanol–water partition coefficient (Wildman–Crippen LogP) is 3.93. The predicted molar refractivity (Wildman–Crippen MR) is 128 cm³/mol. The Hall–Kier alpha value is -2.86. The minimum Gasteiger partial charge on any atom is -0.493 e. The van der Waals surface area contributed by atoms with Gasteiger partial charge in [-0.3, -0.25) is 9.59 Å². The Morgan fingerprint density at radius 2 is 1.59 bits per heavy atom. The van der Waals surface area contributed by atoms with Crippen molar-refractivity contribution in [3.05, 3.63) is 65.7 Å². The molecule has 0 aliphatic heterocycles. The van der Waals surface area contributed by atoms with Crippen molar-refractivity contribution in [3.63, 3.8) is 0 Å². The standard InChI is InChI=1S/C26H37N3O3/c1-5-9-18(2)17-32-23-14-12-22(13-15-23)24(16-28-26(31)20(4)27)29-25(30)19(3)21-10-7-6-8-11-21/h6-8,10-15,18-20,24H,5,9,16-17,27H2,1-4H3,(H,28,31)(H,29,30)/t18?,19-,20-,24-/m0/s1. The van der Waals surface area contributed by atoms with Crippen LogP contribution in [0.25, 0.3) is 0 Å². The minimum atomic E-state index is -0.615. The smallest absolute Gasteiger partial charge is 0.236 e. The second-order valence-electron chi connectivity index (χ2n) is 8.50. The van der Waals surface area contributed by atoms with Crippen LogP contribution >= 0.6 is 0 Å². The summed E-state index contributed by atoms with van der Waals surface area (Å²) in [6.45, 7) is 8.78. The first-order valence-corrected chi connectivity index (χ1v) is 11.4. The summed E-state index contributed by atoms with van der Waals surface area (Å²) in [7, 11) is 0. The highest BCUT2D eigenvalue weighted by Crippen LogP contribution is 2.21. The van der Waals surface area contributed by atoms with Crippen molar-refractivity contribution in [2.45, 2.75) is 58.5 Å². The first kappa shape index (κ1) is 25.4. The van der Waals surface area contributed by atoms with Crippen LogP contribution in [-0.2, 0) is 9.59 Å². The van der Waals surface area contributed by atoms with Crippen molar-refractivity contribution in [2.24, 2.45) is 11.7 Å². The number of ether oxygens (including phenoxy) is 1. The van der Waals surface area contributed by atoms with Gasteiger partial charge in [0.25, 0.3) is 0 Å². The molecule has 2 rings (SSSR count). The van der Waals surface area contributed by atoms with E-state index in [9.17, 15) is 9.59 Å². The molecule has 0 saturated heterocycles. The average Bonchev–Trinajstić information content (AvgIpc) is 2.80. The molecule has 0 aromatic heterocycles. The summed E-state index contributed by atoms with van der Waals surface area (Å²) < 4.78 is 5.89. The third-order valence-corrected chi connectivity index (χ3v) is 5.50. The number of carbonyl (C=O) groups is 2. The summed E-state index contributed by atoms with van der Waals surface area (Å²) in [6.07, 6.45) is 2.27. The van der Waals surface area contributed by atoms with Crippen LogP contribution in [0.4, 0.5) is 0 Å². The van der Waals surface area contributed by atoms with Crippen LogP contribution in [-0.4, -0.2) is 31.0 Å². The van der Waals surface area contributed by atoms with Crippen molar-refractivity contribution >= 4 is 11.8 Å². The van der Waals surface area contributed by atoms with Crippen molar-refractivity contribution in [2.75, 3.05) is 13.2 Å². The van der Waals surface area contributed by atoms with Crippen LogP contribution in [0.2, 0.25) is 0 Å². The first-order chi connectivity index (χ1) is 15.3. The summed E-state index contributed by atoms with van der Waals surface area (Å²) in [6, 6.07) is 16.3. The van der Waals surface area contributed by atoms with E-state index in [0.29, 0.717) is 12.5 Å². The van der Waals surface area contributed by atoms with Gasteiger partial charge in [-0.2, -0.15) is 0 Å². The molecule has 0 spiro atoms. The molecule has 2 aromatic rings. The summed E-state index contributed by atoms with van der Waals surface area (Å²) in [5.74, 6) is 0.611. The van der Waals surface area contributed by atoms with Gasteiger partial charge in [-0.15, -0.1) is 0 Å². The van der Waals surface area contributed by atoms with Crippen LogP contribution in [0.1, 0.15) is 63.6 Å². The number of nitrogens with one attached hydrogen (secondary N) is 2. The maximum atomic E-state index is 12.9. The lowest BCUT2D eigenvalue weighted by Crippen LogP contribution is -2.44. The summed E-state index contributed by atoms with van der Waals surface area (Å²) in [4.78, 5) is 24.9. The minimum absolute atomic E-state index is 0.107. The Labute approximate surface area is 191 Å². The number of hydrogen-bond acceptors (Lipinski definition) is 4. The largest absolute Gasteiger partial charge is 0.493 e. The number of nitrogens with two attached hydrogens (primary N) is 1. The van der Waals surface area contributed by atoms with Gasteiger partial charge in [0, 0.05) is 6.54 Å². The Morgan fingerprint density at radius 3 is 2.19 bits per heavy atom. The van der Waals surface area contributed by atoms with Gasteiger partial charge in [-0.25, -0.2) is 0 Å². The molecule has 2 amide bonds. The fraction of sp³-hybridized carbons (Fsp3) is 0.462. The molecule has 4 N–H and O–H groups in total. The zero-order valence-corrected chi connectivity index (χ0v) is 19.6. The molecule has 0 bridgehead atoms. The molecular weight excluding hydrogens is 402 g/mol. The van der Waals surface area contributed by atoms with Crippen LogP contribution in [0.5, 0.6) is 5.75 Å². The van der Waals surface area contributed by atoms with E-state index in [1.165, 1.54) is 0 Å². The van der Waals surface area contributed by atoms with Gasteiger partial charge >= 0.3 is 0 Å². The molecule has 0 aliphatic carbocycles. The van der Waals surface area contributed by atoms with E-state index in [-0.39, 0.29) is 30.3 Å². The lowest BCUT2D eigenvalue weighted by atomic mass is 9.99. The van der Waals surface area contributed by atoms with Gasteiger partial charge in [-0.05, 0) is 49.4 Å². The van der Waals surface area contributed by atoms with Crippen molar-refractivity contribution in [1.29, 1.82) is 0 Å². The second-order valence-corrected chi connectivity index (χ2v) is 8.50. The Balaban J connectivity index is 2.10. The van der Waals surface area contributed by atoms with E-state index in [4.69, 9.17) is 10.5 Å². The quantitative estimate of drug-likeness (QED) is 0.467. The van der Waals surface area contributed by atoms with Crippen LogP contribution in [0.3, 0.4) is 0 Å². The van der Waals surface area contributed by atoms with Crippen LogP contribution in [0.15, 0.2) is 54.6 Å². The van der Waals surface area contributed by atoms with Gasteiger partial charge in [0.05, 0.1) is 24.6 Å². The highest BCUT2D eigenvalue weighted by Gasteiger charge is 2.21. The monoisotopic (exact) mass is 439 g/mol. The van der Waals surface area contributed by atoms with E-state index >= 15 is 0 Å². The van der Waals surface area contributed by atoms with Gasteiger partial charge in [0.1, 0.15) is 5.75 Å². The third-order valence-electron chi connectivity index (χ3n) is 5.50. The maximum absolute atomic E-state index is 12.9. The molecule has 0 saturated carbocycles. The highest BCUT2D eigenvalue weighted by atomic mass is 16.5. The Kier molecular flexibility index (Phi) is 10.2. The number of hydrogen-bond donors (Lipinski definition) is 3. The molecule has 0 heterocycles. The fourth-order valence-electron chi connectivity index (χ4n) is 3.42. The molecule has 32 heavy (non-hydrogen) atoms. The maximum Gasteiger partial charge on any atom is 0.236 e. The number of rotatable bonds is 12. The first-order valence-electron chi connectivity index (χ1n) is 11.4. The Morgan fingerprint density at radius 1 is 0.938 bits per heavy atom. The van der Waals surface area contributed by atoms with Crippen molar-refractivity contribution < 1.29 is 14.3 Å². The van der Waals surface area contributed by atoms with E-state index in [1.54, 1.807) is 6.92 Å². The zero-order valence-electron chi connectivity index (χ0n) is 19.6. The molecule has 6 heteroatoms. The van der Waals surface area contributed by atoms with Gasteiger partial charge < -0.3 is 21.1 Å². The molecule has 0 aliphatic rings. The highest BCUT2D eigenvalue weighted by molar-refractivity contribution is 5.84. The Bertz CT molecular complexity index is 837. The number of benzene rings is 2. The topological polar surface area (TPSA) is 93.4 Å². The van der Waals surface area contributed by atoms with Gasteiger partial charge in [-0.1, -0.05) is 62.7 Å². The zero-order chi connectivity index (χ0) is 23.5. The lowest BCUT2D eigenvalue weighted by molar-refractivity contribution is -0.124. The van der Waals surface area contributed by atoms with Crippen molar-refractivity contribution in [1.82, 2.24) is 10.6 Å². The molecule has 0 fully saturated rings. The third kappa shape index (κ3) is 8.00. The van der Waals surface area contributed by atoms with Crippen molar-refractivity contribution in [3.8, 4) is 5.75 Å². The molecule has 1 unspecified atom stereocenters. The van der Waals surface area contributed by atoms with Gasteiger partial charge in [0.2, 0.25) is 11.8 Å². The normalized spacial score (nSPS) is 14.7. The fourth-order valence-corrected chi connectivity index (χ4v) is 3.42. The average molecular weight is 440 g/mol. The summed E-state index contributed by atoms with van der Waals surface area (Å²) in [5.41, 5.74) is 7.49. The molecular formula is C26H37N3O3. The van der Waals surface area contributed by atoms with E-state index < -0.39 is 6.04 Å². The summed E-state index contributed by atoms with van der Waals surface area (Å²) in [5, 5.41) is 5.90. The van der Waals surface area contributed by atoms with Gasteiger partial charge in [0.15, 0.2) is 0 Å². The molecule has 6 nitrogen and oxygen atoms in total. The molecule has 2 aromatic carbocycles. The lowest BCUT2D eigenvalue weighted by Gasteiger charge is -2.23. The van der Waals surface area contributed by atoms with E-state index in [1.807, 2.05) is 61.5 Å². The number of amides is 2. The van der Waals surface area contributed by atoms with E-state index in [0.717, 1.165) is 29.7 Å². The molecule has 0 radical (unpaired) electrons.